The Morgan fingerprint density at radius 3 is 2.30 bits per heavy atom. The Hall–Kier alpha value is -0.0800. The molecule has 0 aromatic carbocycles. The minimum Gasteiger partial charge on any atom is -0.330 e. The average molecular weight is 144 g/mol. The van der Waals surface area contributed by atoms with E-state index in [0.717, 1.165) is 32.2 Å². The van der Waals surface area contributed by atoms with Gasteiger partial charge < -0.3 is 11.5 Å². The molecule has 0 rings (SSSR count). The van der Waals surface area contributed by atoms with Crippen LogP contribution in [0, 0.1) is 0 Å². The molecule has 0 aliphatic heterocycles. The Labute approximate surface area is 64.0 Å². The summed E-state index contributed by atoms with van der Waals surface area (Å²) in [4.78, 5) is 0. The zero-order valence-corrected chi connectivity index (χ0v) is 7.19. The van der Waals surface area contributed by atoms with Crippen LogP contribution in [-0.4, -0.2) is 12.1 Å². The maximum absolute atomic E-state index is 5.96. The third-order valence-corrected chi connectivity index (χ3v) is 1.77. The van der Waals surface area contributed by atoms with Crippen LogP contribution in [0.3, 0.4) is 0 Å². The highest BCUT2D eigenvalue weighted by atomic mass is 14.7. The van der Waals surface area contributed by atoms with Gasteiger partial charge in [-0.05, 0) is 32.7 Å². The van der Waals surface area contributed by atoms with Gasteiger partial charge in [-0.25, -0.2) is 0 Å². The molecule has 2 nitrogen and oxygen atoms in total. The molecule has 0 spiro atoms. The molecule has 0 aliphatic rings. The fourth-order valence-electron chi connectivity index (χ4n) is 1.20. The SMILES string of the molecule is CCCC(C)(N)CCCN. The molecule has 0 saturated heterocycles. The van der Waals surface area contributed by atoms with Gasteiger partial charge in [0.25, 0.3) is 0 Å². The maximum atomic E-state index is 5.96. The molecule has 0 amide bonds. The topological polar surface area (TPSA) is 52.0 Å². The van der Waals surface area contributed by atoms with Crippen molar-refractivity contribution in [1.29, 1.82) is 0 Å². The molecule has 0 radical (unpaired) electrons. The fourth-order valence-corrected chi connectivity index (χ4v) is 1.20. The van der Waals surface area contributed by atoms with Gasteiger partial charge in [0, 0.05) is 5.54 Å². The predicted molar refractivity (Wildman–Crippen MR) is 45.8 cm³/mol. The lowest BCUT2D eigenvalue weighted by Crippen LogP contribution is -2.36. The van der Waals surface area contributed by atoms with Crippen LogP contribution in [0.15, 0.2) is 0 Å². The van der Waals surface area contributed by atoms with Gasteiger partial charge in [0.05, 0.1) is 0 Å². The summed E-state index contributed by atoms with van der Waals surface area (Å²) in [7, 11) is 0. The summed E-state index contributed by atoms with van der Waals surface area (Å²) >= 11 is 0. The van der Waals surface area contributed by atoms with Crippen molar-refractivity contribution in [3.63, 3.8) is 0 Å². The van der Waals surface area contributed by atoms with E-state index >= 15 is 0 Å². The van der Waals surface area contributed by atoms with Crippen molar-refractivity contribution >= 4 is 0 Å². The Bertz CT molecular complexity index is 79.3. The summed E-state index contributed by atoms with van der Waals surface area (Å²) in [6.07, 6.45) is 4.37. The van der Waals surface area contributed by atoms with Crippen molar-refractivity contribution in [2.24, 2.45) is 11.5 Å². The quantitative estimate of drug-likeness (QED) is 0.610. The van der Waals surface area contributed by atoms with Gasteiger partial charge >= 0.3 is 0 Å². The van der Waals surface area contributed by atoms with Crippen molar-refractivity contribution in [2.75, 3.05) is 6.54 Å². The first-order valence-corrected chi connectivity index (χ1v) is 4.11. The van der Waals surface area contributed by atoms with E-state index in [4.69, 9.17) is 11.5 Å². The van der Waals surface area contributed by atoms with E-state index in [9.17, 15) is 0 Å². The second-order valence-electron chi connectivity index (χ2n) is 3.30. The highest BCUT2D eigenvalue weighted by Gasteiger charge is 2.15. The minimum atomic E-state index is 0.0219. The molecular weight excluding hydrogens is 124 g/mol. The maximum Gasteiger partial charge on any atom is 0.0126 e. The van der Waals surface area contributed by atoms with Gasteiger partial charge in [-0.2, -0.15) is 0 Å². The van der Waals surface area contributed by atoms with Crippen LogP contribution in [0.1, 0.15) is 39.5 Å². The number of hydrogen-bond donors (Lipinski definition) is 2. The molecule has 0 heterocycles. The summed E-state index contributed by atoms with van der Waals surface area (Å²) in [5.41, 5.74) is 11.4. The first-order chi connectivity index (χ1) is 4.62. The minimum absolute atomic E-state index is 0.0219. The smallest absolute Gasteiger partial charge is 0.0126 e. The van der Waals surface area contributed by atoms with Crippen molar-refractivity contribution < 1.29 is 0 Å². The lowest BCUT2D eigenvalue weighted by atomic mass is 9.92. The molecule has 10 heavy (non-hydrogen) atoms. The van der Waals surface area contributed by atoms with E-state index in [1.807, 2.05) is 0 Å². The Kier molecular flexibility index (Phi) is 4.65. The summed E-state index contributed by atoms with van der Waals surface area (Å²) in [6, 6.07) is 0. The Balaban J connectivity index is 3.42. The second-order valence-corrected chi connectivity index (χ2v) is 3.30. The van der Waals surface area contributed by atoms with Crippen molar-refractivity contribution in [3.05, 3.63) is 0 Å². The number of hydrogen-bond acceptors (Lipinski definition) is 2. The van der Waals surface area contributed by atoms with Crippen LogP contribution in [0.2, 0.25) is 0 Å². The molecule has 0 aromatic rings. The largest absolute Gasteiger partial charge is 0.330 e. The summed E-state index contributed by atoms with van der Waals surface area (Å²) in [6.45, 7) is 5.02. The van der Waals surface area contributed by atoms with Crippen LogP contribution < -0.4 is 11.5 Å². The van der Waals surface area contributed by atoms with E-state index in [0.29, 0.717) is 0 Å². The van der Waals surface area contributed by atoms with Crippen LogP contribution in [0.4, 0.5) is 0 Å². The summed E-state index contributed by atoms with van der Waals surface area (Å²) in [5.74, 6) is 0. The Morgan fingerprint density at radius 1 is 1.30 bits per heavy atom. The summed E-state index contributed by atoms with van der Waals surface area (Å²) in [5, 5.41) is 0. The van der Waals surface area contributed by atoms with Gasteiger partial charge in [0.15, 0.2) is 0 Å². The van der Waals surface area contributed by atoms with Crippen LogP contribution in [0.5, 0.6) is 0 Å². The first kappa shape index (κ1) is 9.92. The molecule has 0 bridgehead atoms. The molecule has 1 unspecified atom stereocenters. The van der Waals surface area contributed by atoms with Gasteiger partial charge in [-0.3, -0.25) is 0 Å². The third kappa shape index (κ3) is 4.77. The Morgan fingerprint density at radius 2 is 1.90 bits per heavy atom. The highest BCUT2D eigenvalue weighted by molar-refractivity contribution is 4.77. The van der Waals surface area contributed by atoms with Crippen LogP contribution >= 0.6 is 0 Å². The van der Waals surface area contributed by atoms with Crippen LogP contribution in [0.25, 0.3) is 0 Å². The first-order valence-electron chi connectivity index (χ1n) is 4.11. The zero-order valence-electron chi connectivity index (χ0n) is 7.19. The van der Waals surface area contributed by atoms with Gasteiger partial charge in [-0.1, -0.05) is 13.3 Å². The van der Waals surface area contributed by atoms with Crippen molar-refractivity contribution in [3.8, 4) is 0 Å². The van der Waals surface area contributed by atoms with Gasteiger partial charge in [0.2, 0.25) is 0 Å². The van der Waals surface area contributed by atoms with E-state index in [1.54, 1.807) is 0 Å². The fraction of sp³-hybridized carbons (Fsp3) is 1.00. The van der Waals surface area contributed by atoms with E-state index in [1.165, 1.54) is 0 Å². The summed E-state index contributed by atoms with van der Waals surface area (Å²) < 4.78 is 0. The molecule has 0 aliphatic carbocycles. The molecule has 1 atom stereocenters. The lowest BCUT2D eigenvalue weighted by molar-refractivity contribution is 0.388. The highest BCUT2D eigenvalue weighted by Crippen LogP contribution is 2.14. The third-order valence-electron chi connectivity index (χ3n) is 1.77. The average Bonchev–Trinajstić information content (AvgIpc) is 1.84. The lowest BCUT2D eigenvalue weighted by Gasteiger charge is -2.23. The number of rotatable bonds is 5. The van der Waals surface area contributed by atoms with E-state index in [-0.39, 0.29) is 5.54 Å². The predicted octanol–water partition coefficient (Wildman–Crippen LogP) is 1.24. The van der Waals surface area contributed by atoms with Crippen molar-refractivity contribution in [2.45, 2.75) is 45.1 Å². The van der Waals surface area contributed by atoms with E-state index < -0.39 is 0 Å². The zero-order chi connectivity index (χ0) is 8.04. The normalized spacial score (nSPS) is 16.8. The standard InChI is InChI=1S/C8H20N2/c1-3-5-8(2,10)6-4-7-9/h3-7,9-10H2,1-2H3. The second kappa shape index (κ2) is 4.69. The molecular formula is C8H20N2. The number of nitrogens with two attached hydrogens (primary N) is 2. The van der Waals surface area contributed by atoms with Gasteiger partial charge in [-0.15, -0.1) is 0 Å². The molecule has 4 N–H and O–H groups in total. The van der Waals surface area contributed by atoms with E-state index in [2.05, 4.69) is 13.8 Å². The van der Waals surface area contributed by atoms with Gasteiger partial charge in [0.1, 0.15) is 0 Å². The molecule has 0 fully saturated rings. The molecule has 0 saturated carbocycles. The molecule has 0 aromatic heterocycles. The van der Waals surface area contributed by atoms with Crippen molar-refractivity contribution in [1.82, 2.24) is 0 Å². The van der Waals surface area contributed by atoms with Crippen LogP contribution in [-0.2, 0) is 0 Å². The monoisotopic (exact) mass is 144 g/mol. The molecule has 62 valence electrons. The molecule has 2 heteroatoms.